The van der Waals surface area contributed by atoms with Crippen molar-refractivity contribution in [2.24, 2.45) is 0 Å². The molecule has 1 atom stereocenters. The smallest absolute Gasteiger partial charge is 0.252 e. The third-order valence-corrected chi connectivity index (χ3v) is 3.99. The quantitative estimate of drug-likeness (QED) is 0.371. The van der Waals surface area contributed by atoms with E-state index in [1.54, 1.807) is 6.08 Å². The van der Waals surface area contributed by atoms with E-state index in [-0.39, 0.29) is 0 Å². The van der Waals surface area contributed by atoms with Crippen molar-refractivity contribution in [1.29, 1.82) is 0 Å². The molecule has 0 rings (SSSR count). The molecule has 0 aliphatic heterocycles. The summed E-state index contributed by atoms with van der Waals surface area (Å²) >= 11 is 0. The highest BCUT2D eigenvalue weighted by Gasteiger charge is 2.34. The van der Waals surface area contributed by atoms with Gasteiger partial charge in [-0.25, -0.2) is 0 Å². The molecule has 4 nitrogen and oxygen atoms in total. The van der Waals surface area contributed by atoms with Crippen LogP contribution in [0.5, 0.6) is 0 Å². The van der Waals surface area contributed by atoms with Gasteiger partial charge in [-0.3, -0.25) is 0 Å². The van der Waals surface area contributed by atoms with Gasteiger partial charge in [0.05, 0.1) is 5.73 Å². The van der Waals surface area contributed by atoms with Gasteiger partial charge in [0.25, 0.3) is 5.60 Å². The maximum absolute atomic E-state index is 9.99. The Hall–Kier alpha value is -0.463. The molecule has 0 saturated heterocycles. The summed E-state index contributed by atoms with van der Waals surface area (Å²) in [7, 11) is -1.15. The van der Waals surface area contributed by atoms with Gasteiger partial charge < -0.3 is 19.3 Å². The Labute approximate surface area is 112 Å². The van der Waals surface area contributed by atoms with Crippen LogP contribution >= 0.6 is 0 Å². The Balaban J connectivity index is 4.62. The normalized spacial score (nSPS) is 15.4. The second kappa shape index (κ2) is 10.5. The van der Waals surface area contributed by atoms with Gasteiger partial charge in [0.15, 0.2) is 9.52 Å². The fourth-order valence-corrected chi connectivity index (χ4v) is 3.36. The first kappa shape index (κ1) is 17.5. The van der Waals surface area contributed by atoms with E-state index in [0.717, 1.165) is 0 Å². The van der Waals surface area contributed by atoms with Gasteiger partial charge in [0, 0.05) is 19.8 Å². The summed E-state index contributed by atoms with van der Waals surface area (Å²) in [6.07, 6.45) is 7.36. The minimum absolute atomic E-state index is 0.498. The van der Waals surface area contributed by atoms with E-state index >= 15 is 0 Å². The fourth-order valence-electron chi connectivity index (χ4n) is 1.59. The number of hydrogen-bond donors (Lipinski definition) is 1. The first-order valence-electron chi connectivity index (χ1n) is 6.53. The Morgan fingerprint density at radius 1 is 1.06 bits per heavy atom. The van der Waals surface area contributed by atoms with Crippen LogP contribution in [0.25, 0.3) is 0 Å². The van der Waals surface area contributed by atoms with Crippen LogP contribution in [0.15, 0.2) is 24.3 Å². The van der Waals surface area contributed by atoms with E-state index in [4.69, 9.17) is 14.2 Å². The van der Waals surface area contributed by atoms with Crippen molar-refractivity contribution in [2.45, 2.75) is 39.0 Å². The number of hydrogen-bond acceptors (Lipinski definition) is 4. The average Bonchev–Trinajstić information content (AvgIpc) is 2.30. The largest absolute Gasteiger partial charge is 0.393 e. The number of ether oxygens (including phenoxy) is 3. The molecule has 0 aliphatic carbocycles. The van der Waals surface area contributed by atoms with Gasteiger partial charge >= 0.3 is 0 Å². The van der Waals surface area contributed by atoms with Crippen LogP contribution in [0.1, 0.15) is 27.7 Å². The lowest BCUT2D eigenvalue weighted by Crippen LogP contribution is -2.49. The minimum atomic E-state index is -1.15. The van der Waals surface area contributed by atoms with E-state index < -0.39 is 20.8 Å². The van der Waals surface area contributed by atoms with Gasteiger partial charge in [-0.2, -0.15) is 0 Å². The molecule has 1 unspecified atom stereocenters. The van der Waals surface area contributed by atoms with E-state index in [1.165, 1.54) is 0 Å². The lowest BCUT2D eigenvalue weighted by atomic mass is 10.4. The van der Waals surface area contributed by atoms with Crippen molar-refractivity contribution in [3.8, 4) is 0 Å². The number of allylic oxidation sites excluding steroid dienone is 3. The Morgan fingerprint density at radius 3 is 1.94 bits per heavy atom. The molecule has 0 spiro atoms. The first-order chi connectivity index (χ1) is 8.64. The lowest BCUT2D eigenvalue weighted by molar-refractivity contribution is -0.324. The van der Waals surface area contributed by atoms with Gasteiger partial charge in [-0.05, 0) is 27.7 Å². The molecule has 1 N–H and O–H groups in total. The van der Waals surface area contributed by atoms with Crippen LogP contribution in [0.2, 0.25) is 0 Å². The van der Waals surface area contributed by atoms with Gasteiger partial charge in [-0.1, -0.05) is 24.3 Å². The third-order valence-electron chi connectivity index (χ3n) is 2.19. The zero-order valence-electron chi connectivity index (χ0n) is 11.9. The molecular formula is C13H26O4Si. The maximum atomic E-state index is 9.99. The minimum Gasteiger partial charge on any atom is -0.393 e. The summed E-state index contributed by atoms with van der Waals surface area (Å²) in [6, 6.07) is 0. The van der Waals surface area contributed by atoms with Crippen LogP contribution < -0.4 is 0 Å². The summed E-state index contributed by atoms with van der Waals surface area (Å²) in [4.78, 5) is 0. The van der Waals surface area contributed by atoms with Crippen molar-refractivity contribution in [3.63, 3.8) is 0 Å². The molecule has 0 fully saturated rings. The lowest BCUT2D eigenvalue weighted by Gasteiger charge is -2.33. The molecule has 0 radical (unpaired) electrons. The first-order valence-corrected chi connectivity index (χ1v) is 8.05. The molecule has 0 aromatic rings. The maximum Gasteiger partial charge on any atom is 0.252 e. The van der Waals surface area contributed by atoms with E-state index in [0.29, 0.717) is 19.8 Å². The molecule has 0 heterocycles. The zero-order valence-corrected chi connectivity index (χ0v) is 13.3. The third kappa shape index (κ3) is 7.08. The molecule has 0 aromatic heterocycles. The Bertz CT molecular complexity index is 236. The van der Waals surface area contributed by atoms with E-state index in [9.17, 15) is 5.11 Å². The highest BCUT2D eigenvalue weighted by Crippen LogP contribution is 2.16. The second-order valence-electron chi connectivity index (χ2n) is 3.66. The van der Waals surface area contributed by atoms with Crippen LogP contribution in [0.3, 0.4) is 0 Å². The van der Waals surface area contributed by atoms with E-state index in [2.05, 4.69) is 0 Å². The molecule has 0 aromatic carbocycles. The molecule has 106 valence electrons. The summed E-state index contributed by atoms with van der Waals surface area (Å²) < 4.78 is 16.8. The van der Waals surface area contributed by atoms with Gasteiger partial charge in [0.2, 0.25) is 0 Å². The molecule has 0 amide bonds. The second-order valence-corrected chi connectivity index (χ2v) is 5.78. The number of aliphatic hydroxyl groups excluding tert-OH is 1. The summed E-state index contributed by atoms with van der Waals surface area (Å²) in [5.74, 6) is 0. The monoisotopic (exact) mass is 274 g/mol. The van der Waals surface area contributed by atoms with Crippen molar-refractivity contribution in [2.75, 3.05) is 19.8 Å². The number of rotatable bonds is 10. The number of aliphatic hydroxyl groups is 1. The van der Waals surface area contributed by atoms with Crippen LogP contribution in [0.4, 0.5) is 0 Å². The fraction of sp³-hybridized carbons (Fsp3) is 0.692. The highest BCUT2D eigenvalue weighted by molar-refractivity contribution is 6.40. The summed E-state index contributed by atoms with van der Waals surface area (Å²) in [6.45, 7) is 9.10. The standard InChI is InChI=1S/C13H26O4Si/c1-5-9-10-11-12(14)18-13(15-6-2,16-7-3)17-8-4/h5,9-12,14H,6-8,18H2,1-4H3. The Kier molecular flexibility index (Phi) is 10.2. The summed E-state index contributed by atoms with van der Waals surface area (Å²) in [5, 5.41) is 9.99. The molecule has 0 saturated carbocycles. The molecule has 0 aliphatic rings. The van der Waals surface area contributed by atoms with Crippen molar-refractivity contribution >= 4 is 9.52 Å². The molecule has 5 heteroatoms. The van der Waals surface area contributed by atoms with Gasteiger partial charge in [-0.15, -0.1) is 0 Å². The molecular weight excluding hydrogens is 248 g/mol. The SMILES string of the molecule is CC=CC=CC(O)[SiH2]C(OCC)(OCC)OCC. The molecule has 0 bridgehead atoms. The predicted molar refractivity (Wildman–Crippen MR) is 76.1 cm³/mol. The summed E-state index contributed by atoms with van der Waals surface area (Å²) in [5.41, 5.74) is -1.55. The predicted octanol–water partition coefficient (Wildman–Crippen LogP) is 1.33. The van der Waals surface area contributed by atoms with Crippen molar-refractivity contribution < 1.29 is 19.3 Å². The Morgan fingerprint density at radius 2 is 1.56 bits per heavy atom. The van der Waals surface area contributed by atoms with Crippen LogP contribution in [0, 0.1) is 0 Å². The highest BCUT2D eigenvalue weighted by atomic mass is 28.2. The zero-order chi connectivity index (χ0) is 13.9. The van der Waals surface area contributed by atoms with Crippen molar-refractivity contribution in [1.82, 2.24) is 0 Å². The molecule has 18 heavy (non-hydrogen) atoms. The van der Waals surface area contributed by atoms with Gasteiger partial charge in [0.1, 0.15) is 0 Å². The van der Waals surface area contributed by atoms with E-state index in [1.807, 2.05) is 45.9 Å². The average molecular weight is 274 g/mol. The topological polar surface area (TPSA) is 47.9 Å². The van der Waals surface area contributed by atoms with Crippen LogP contribution in [-0.2, 0) is 14.2 Å². The van der Waals surface area contributed by atoms with Crippen molar-refractivity contribution in [3.05, 3.63) is 24.3 Å². The van der Waals surface area contributed by atoms with Crippen LogP contribution in [-0.4, -0.2) is 45.8 Å².